The number of amides is 2. The number of hydrogen-bond donors (Lipinski definition) is 2. The van der Waals surface area contributed by atoms with Gasteiger partial charge in [-0.25, -0.2) is 4.79 Å². The largest absolute Gasteiger partial charge is 0.465 e. The Hall–Kier alpha value is -3.19. The second-order valence-corrected chi connectivity index (χ2v) is 6.52. The molecule has 0 aliphatic heterocycles. The summed E-state index contributed by atoms with van der Waals surface area (Å²) in [4.78, 5) is 38.2. The van der Waals surface area contributed by atoms with E-state index < -0.39 is 5.97 Å². The maximum atomic E-state index is 12.5. The molecule has 0 saturated carbocycles. The Bertz CT molecular complexity index is 832. The number of carbonyl (C=O) groups excluding carboxylic acids is 3. The number of esters is 1. The van der Waals surface area contributed by atoms with Gasteiger partial charge in [0, 0.05) is 23.4 Å². The van der Waals surface area contributed by atoms with Gasteiger partial charge in [-0.1, -0.05) is 6.07 Å². The number of methoxy groups -OCH3 is 1. The molecule has 7 heteroatoms. The van der Waals surface area contributed by atoms with Crippen LogP contribution in [0.1, 0.15) is 37.5 Å². The third-order valence-corrected chi connectivity index (χ3v) is 4.02. The predicted octanol–water partition coefficient (Wildman–Crippen LogP) is 2.41. The van der Waals surface area contributed by atoms with E-state index in [9.17, 15) is 14.4 Å². The van der Waals surface area contributed by atoms with Crippen LogP contribution in [0.3, 0.4) is 0 Å². The number of anilines is 1. The quantitative estimate of drug-likeness (QED) is 0.540. The first-order valence-corrected chi connectivity index (χ1v) is 8.93. The molecule has 0 aliphatic carbocycles. The van der Waals surface area contributed by atoms with E-state index in [2.05, 4.69) is 20.3 Å². The van der Waals surface area contributed by atoms with Crippen molar-refractivity contribution < 1.29 is 19.1 Å². The highest BCUT2D eigenvalue weighted by molar-refractivity contribution is 6.06. The van der Waals surface area contributed by atoms with E-state index >= 15 is 0 Å². The molecule has 2 amide bonds. The van der Waals surface area contributed by atoms with Crippen LogP contribution >= 0.6 is 0 Å². The Balaban J connectivity index is 1.97. The second-order valence-electron chi connectivity index (χ2n) is 6.52. The molecule has 0 radical (unpaired) electrons. The number of hydrogen-bond acceptors (Lipinski definition) is 5. The first-order chi connectivity index (χ1) is 13.4. The topological polar surface area (TPSA) is 87.7 Å². The Labute approximate surface area is 164 Å². The molecule has 28 heavy (non-hydrogen) atoms. The summed E-state index contributed by atoms with van der Waals surface area (Å²) in [6.07, 6.45) is 0.848. The van der Waals surface area contributed by atoms with Gasteiger partial charge < -0.3 is 20.3 Å². The molecule has 0 aromatic heterocycles. The standard InChI is InChI=1S/C21H25N3O4/c1-24(2)13-5-12-22-19(25)16-6-4-7-17(14-16)20(26)23-18-10-8-15(9-11-18)21(27)28-3/h4,6-11,14H,5,12-13H2,1-3H3,(H,22,25)(H,23,26). The molecule has 0 fully saturated rings. The number of rotatable bonds is 8. The average molecular weight is 383 g/mol. The van der Waals surface area contributed by atoms with Gasteiger partial charge in [0.1, 0.15) is 0 Å². The molecular formula is C21H25N3O4. The lowest BCUT2D eigenvalue weighted by Crippen LogP contribution is -2.27. The van der Waals surface area contributed by atoms with Crippen molar-refractivity contribution in [1.29, 1.82) is 0 Å². The van der Waals surface area contributed by atoms with Gasteiger partial charge in [-0.2, -0.15) is 0 Å². The summed E-state index contributed by atoms with van der Waals surface area (Å²) in [5.74, 6) is -0.994. The van der Waals surface area contributed by atoms with Gasteiger partial charge in [0.15, 0.2) is 0 Å². The first kappa shape index (κ1) is 21.1. The molecular weight excluding hydrogens is 358 g/mol. The molecule has 7 nitrogen and oxygen atoms in total. The number of nitrogens with one attached hydrogen (secondary N) is 2. The molecule has 2 rings (SSSR count). The van der Waals surface area contributed by atoms with Gasteiger partial charge >= 0.3 is 5.97 Å². The van der Waals surface area contributed by atoms with Crippen molar-refractivity contribution in [3.05, 3.63) is 65.2 Å². The number of ether oxygens (including phenoxy) is 1. The third kappa shape index (κ3) is 6.21. The summed E-state index contributed by atoms with van der Waals surface area (Å²) < 4.78 is 4.64. The summed E-state index contributed by atoms with van der Waals surface area (Å²) in [6.45, 7) is 1.46. The predicted molar refractivity (Wildman–Crippen MR) is 108 cm³/mol. The molecule has 0 atom stereocenters. The molecule has 2 aromatic carbocycles. The summed E-state index contributed by atoms with van der Waals surface area (Å²) in [6, 6.07) is 12.9. The van der Waals surface area contributed by atoms with E-state index in [0.717, 1.165) is 13.0 Å². The van der Waals surface area contributed by atoms with Crippen LogP contribution in [0.4, 0.5) is 5.69 Å². The smallest absolute Gasteiger partial charge is 0.337 e. The lowest BCUT2D eigenvalue weighted by molar-refractivity contribution is 0.0600. The maximum absolute atomic E-state index is 12.5. The molecule has 2 N–H and O–H groups in total. The molecule has 0 spiro atoms. The van der Waals surface area contributed by atoms with Gasteiger partial charge in [0.2, 0.25) is 0 Å². The van der Waals surface area contributed by atoms with Gasteiger partial charge in [-0.15, -0.1) is 0 Å². The fraction of sp³-hybridized carbons (Fsp3) is 0.286. The molecule has 0 unspecified atom stereocenters. The Morgan fingerprint density at radius 3 is 2.18 bits per heavy atom. The zero-order valence-electron chi connectivity index (χ0n) is 16.3. The fourth-order valence-electron chi connectivity index (χ4n) is 2.51. The lowest BCUT2D eigenvalue weighted by atomic mass is 10.1. The van der Waals surface area contributed by atoms with E-state index in [1.807, 2.05) is 14.1 Å². The molecule has 0 bridgehead atoms. The highest BCUT2D eigenvalue weighted by Gasteiger charge is 2.11. The summed E-state index contributed by atoms with van der Waals surface area (Å²) in [5, 5.41) is 5.60. The fourth-order valence-corrected chi connectivity index (χ4v) is 2.51. The van der Waals surface area contributed by atoms with E-state index in [1.165, 1.54) is 7.11 Å². The van der Waals surface area contributed by atoms with Crippen LogP contribution in [0, 0.1) is 0 Å². The normalized spacial score (nSPS) is 10.4. The van der Waals surface area contributed by atoms with Crippen LogP contribution < -0.4 is 10.6 Å². The lowest BCUT2D eigenvalue weighted by Gasteiger charge is -2.10. The second kappa shape index (κ2) is 10.2. The third-order valence-electron chi connectivity index (χ3n) is 4.02. The monoisotopic (exact) mass is 383 g/mol. The van der Waals surface area contributed by atoms with Crippen molar-refractivity contribution in [2.45, 2.75) is 6.42 Å². The van der Waals surface area contributed by atoms with Crippen molar-refractivity contribution in [1.82, 2.24) is 10.2 Å². The van der Waals surface area contributed by atoms with Gasteiger partial charge in [0.05, 0.1) is 12.7 Å². The zero-order chi connectivity index (χ0) is 20.5. The van der Waals surface area contributed by atoms with Crippen LogP contribution in [-0.2, 0) is 4.74 Å². The van der Waals surface area contributed by atoms with Crippen LogP contribution in [0.25, 0.3) is 0 Å². The number of benzene rings is 2. The van der Waals surface area contributed by atoms with Crippen molar-refractivity contribution >= 4 is 23.5 Å². The SMILES string of the molecule is COC(=O)c1ccc(NC(=O)c2cccc(C(=O)NCCCN(C)C)c2)cc1. The summed E-state index contributed by atoms with van der Waals surface area (Å²) >= 11 is 0. The van der Waals surface area contributed by atoms with Crippen LogP contribution in [0.2, 0.25) is 0 Å². The van der Waals surface area contributed by atoms with E-state index in [0.29, 0.717) is 28.9 Å². The Morgan fingerprint density at radius 2 is 1.57 bits per heavy atom. The molecule has 148 valence electrons. The minimum Gasteiger partial charge on any atom is -0.465 e. The average Bonchev–Trinajstić information content (AvgIpc) is 2.71. The zero-order valence-corrected chi connectivity index (χ0v) is 16.3. The van der Waals surface area contributed by atoms with Crippen molar-refractivity contribution in [3.8, 4) is 0 Å². The molecule has 0 saturated heterocycles. The van der Waals surface area contributed by atoms with Crippen molar-refractivity contribution in [2.75, 3.05) is 39.6 Å². The van der Waals surface area contributed by atoms with Crippen LogP contribution in [0.5, 0.6) is 0 Å². The van der Waals surface area contributed by atoms with E-state index in [-0.39, 0.29) is 11.8 Å². The van der Waals surface area contributed by atoms with E-state index in [1.54, 1.807) is 48.5 Å². The highest BCUT2D eigenvalue weighted by atomic mass is 16.5. The van der Waals surface area contributed by atoms with Gasteiger partial charge in [-0.05, 0) is 69.5 Å². The minimum atomic E-state index is -0.442. The highest BCUT2D eigenvalue weighted by Crippen LogP contribution is 2.13. The maximum Gasteiger partial charge on any atom is 0.337 e. The van der Waals surface area contributed by atoms with Gasteiger partial charge in [0.25, 0.3) is 11.8 Å². The molecule has 0 heterocycles. The first-order valence-electron chi connectivity index (χ1n) is 8.93. The Morgan fingerprint density at radius 1 is 0.929 bits per heavy atom. The van der Waals surface area contributed by atoms with Crippen LogP contribution in [0.15, 0.2) is 48.5 Å². The minimum absolute atomic E-state index is 0.212. The molecule has 0 aliphatic rings. The summed E-state index contributed by atoms with van der Waals surface area (Å²) in [7, 11) is 5.27. The number of nitrogens with zero attached hydrogens (tertiary/aromatic N) is 1. The number of carbonyl (C=O) groups is 3. The van der Waals surface area contributed by atoms with Crippen molar-refractivity contribution in [2.24, 2.45) is 0 Å². The van der Waals surface area contributed by atoms with Gasteiger partial charge in [-0.3, -0.25) is 9.59 Å². The molecule has 2 aromatic rings. The summed E-state index contributed by atoms with van der Waals surface area (Å²) in [5.41, 5.74) is 1.74. The van der Waals surface area contributed by atoms with Crippen molar-refractivity contribution in [3.63, 3.8) is 0 Å². The Kier molecular flexibility index (Phi) is 7.71. The van der Waals surface area contributed by atoms with Crippen LogP contribution in [-0.4, -0.2) is 57.0 Å². The van der Waals surface area contributed by atoms with E-state index in [4.69, 9.17) is 0 Å².